The minimum atomic E-state index is -1.10. The van der Waals surface area contributed by atoms with Crippen molar-refractivity contribution in [3.05, 3.63) is 77.5 Å². The number of carbonyl (C=O) groups is 3. The summed E-state index contributed by atoms with van der Waals surface area (Å²) in [4.78, 5) is 41.2. The molecule has 0 bridgehead atoms. The van der Waals surface area contributed by atoms with Crippen molar-refractivity contribution in [2.75, 3.05) is 5.32 Å². The van der Waals surface area contributed by atoms with Crippen LogP contribution in [-0.2, 0) is 9.53 Å². The SMILES string of the molecule is Cc1noc2nc(-c3ccccc3)cc(C(=O)OC(C)C(=O)Nc3ccc(C(N)=O)cc3)c12. The van der Waals surface area contributed by atoms with Crippen LogP contribution >= 0.6 is 0 Å². The van der Waals surface area contributed by atoms with Crippen molar-refractivity contribution in [1.29, 1.82) is 0 Å². The van der Waals surface area contributed by atoms with Gasteiger partial charge in [0.15, 0.2) is 6.10 Å². The second-order valence-corrected chi connectivity index (χ2v) is 7.35. The number of rotatable bonds is 6. The van der Waals surface area contributed by atoms with Crippen molar-refractivity contribution in [2.24, 2.45) is 5.73 Å². The van der Waals surface area contributed by atoms with Gasteiger partial charge in [0.25, 0.3) is 11.6 Å². The van der Waals surface area contributed by atoms with E-state index in [2.05, 4.69) is 15.5 Å². The van der Waals surface area contributed by atoms with E-state index < -0.39 is 23.9 Å². The number of primary amides is 1. The summed E-state index contributed by atoms with van der Waals surface area (Å²) in [5.41, 5.74) is 8.14. The molecule has 0 aliphatic rings. The van der Waals surface area contributed by atoms with Crippen molar-refractivity contribution in [3.8, 4) is 11.3 Å². The lowest BCUT2D eigenvalue weighted by Gasteiger charge is -2.14. The number of amides is 2. The maximum Gasteiger partial charge on any atom is 0.339 e. The highest BCUT2D eigenvalue weighted by molar-refractivity contribution is 6.05. The van der Waals surface area contributed by atoms with Crippen LogP contribution in [0.4, 0.5) is 5.69 Å². The topological polar surface area (TPSA) is 137 Å². The average Bonchev–Trinajstić information content (AvgIpc) is 3.20. The fraction of sp³-hybridized carbons (Fsp3) is 0.125. The summed E-state index contributed by atoms with van der Waals surface area (Å²) in [7, 11) is 0. The van der Waals surface area contributed by atoms with Gasteiger partial charge in [-0.15, -0.1) is 0 Å². The normalized spacial score (nSPS) is 11.7. The Labute approximate surface area is 188 Å². The largest absolute Gasteiger partial charge is 0.449 e. The Hall–Kier alpha value is -4.53. The summed E-state index contributed by atoms with van der Waals surface area (Å²) in [5.74, 6) is -1.82. The Bertz CT molecular complexity index is 1350. The van der Waals surface area contributed by atoms with Crippen LogP contribution in [0.3, 0.4) is 0 Å². The predicted molar refractivity (Wildman–Crippen MR) is 120 cm³/mol. The minimum absolute atomic E-state index is 0.197. The molecule has 2 aromatic heterocycles. The molecule has 33 heavy (non-hydrogen) atoms. The van der Waals surface area contributed by atoms with Gasteiger partial charge >= 0.3 is 5.97 Å². The van der Waals surface area contributed by atoms with Crippen molar-refractivity contribution in [2.45, 2.75) is 20.0 Å². The molecule has 2 aromatic carbocycles. The van der Waals surface area contributed by atoms with Crippen LogP contribution in [0.25, 0.3) is 22.4 Å². The number of anilines is 1. The van der Waals surface area contributed by atoms with E-state index in [9.17, 15) is 14.4 Å². The molecular formula is C24H20N4O5. The number of nitrogens with zero attached hydrogens (tertiary/aromatic N) is 2. The number of benzene rings is 2. The first-order valence-corrected chi connectivity index (χ1v) is 10.1. The third-order valence-electron chi connectivity index (χ3n) is 5.00. The molecule has 3 N–H and O–H groups in total. The number of carbonyl (C=O) groups excluding carboxylic acids is 3. The zero-order valence-corrected chi connectivity index (χ0v) is 17.9. The van der Waals surface area contributed by atoms with Gasteiger partial charge in [0, 0.05) is 16.8 Å². The molecule has 0 spiro atoms. The molecule has 2 amide bonds. The standard InChI is InChI=1S/C24H20N4O5/c1-13-20-18(12-19(27-23(20)33-28-13)15-6-4-3-5-7-15)24(31)32-14(2)22(30)26-17-10-8-16(9-11-17)21(25)29/h3-12,14H,1-2H3,(H2,25,29)(H,26,30). The molecule has 4 rings (SSSR count). The quantitative estimate of drug-likeness (QED) is 0.434. The number of pyridine rings is 1. The maximum absolute atomic E-state index is 13.0. The zero-order valence-electron chi connectivity index (χ0n) is 17.9. The first-order chi connectivity index (χ1) is 15.8. The number of hydrogen-bond acceptors (Lipinski definition) is 7. The Morgan fingerprint density at radius 1 is 1.06 bits per heavy atom. The second kappa shape index (κ2) is 8.91. The summed E-state index contributed by atoms with van der Waals surface area (Å²) < 4.78 is 10.7. The molecule has 1 unspecified atom stereocenters. The van der Waals surface area contributed by atoms with E-state index in [1.54, 1.807) is 13.0 Å². The lowest BCUT2D eigenvalue weighted by molar-refractivity contribution is -0.123. The summed E-state index contributed by atoms with van der Waals surface area (Å²) in [6, 6.07) is 16.9. The van der Waals surface area contributed by atoms with E-state index >= 15 is 0 Å². The monoisotopic (exact) mass is 444 g/mol. The van der Waals surface area contributed by atoms with Crippen LogP contribution in [0.2, 0.25) is 0 Å². The molecule has 166 valence electrons. The molecule has 0 saturated carbocycles. The molecular weight excluding hydrogens is 424 g/mol. The van der Waals surface area contributed by atoms with Gasteiger partial charge in [0.1, 0.15) is 0 Å². The van der Waals surface area contributed by atoms with Crippen LogP contribution in [0.15, 0.2) is 65.2 Å². The Morgan fingerprint density at radius 2 is 1.76 bits per heavy atom. The van der Waals surface area contributed by atoms with E-state index in [1.807, 2.05) is 30.3 Å². The average molecular weight is 444 g/mol. The molecule has 0 aliphatic heterocycles. The molecule has 0 fully saturated rings. The van der Waals surface area contributed by atoms with E-state index in [-0.39, 0.29) is 11.3 Å². The number of aryl methyl sites for hydroxylation is 1. The summed E-state index contributed by atoms with van der Waals surface area (Å²) >= 11 is 0. The molecule has 0 aliphatic carbocycles. The first-order valence-electron chi connectivity index (χ1n) is 10.1. The molecule has 9 heteroatoms. The van der Waals surface area contributed by atoms with Crippen LogP contribution in [-0.4, -0.2) is 34.0 Å². The third-order valence-corrected chi connectivity index (χ3v) is 5.00. The highest BCUT2D eigenvalue weighted by Gasteiger charge is 2.24. The van der Waals surface area contributed by atoms with Gasteiger partial charge in [-0.05, 0) is 44.2 Å². The van der Waals surface area contributed by atoms with Crippen LogP contribution in [0.5, 0.6) is 0 Å². The van der Waals surface area contributed by atoms with Crippen LogP contribution in [0.1, 0.15) is 33.3 Å². The van der Waals surface area contributed by atoms with Crippen LogP contribution in [0, 0.1) is 6.92 Å². The minimum Gasteiger partial charge on any atom is -0.449 e. The van der Waals surface area contributed by atoms with E-state index in [1.165, 1.54) is 31.2 Å². The first kappa shape index (κ1) is 21.7. The number of aromatic nitrogens is 2. The lowest BCUT2D eigenvalue weighted by atomic mass is 10.1. The van der Waals surface area contributed by atoms with Gasteiger partial charge in [0.2, 0.25) is 5.91 Å². The lowest BCUT2D eigenvalue weighted by Crippen LogP contribution is -2.30. The van der Waals surface area contributed by atoms with Gasteiger partial charge < -0.3 is 20.3 Å². The summed E-state index contributed by atoms with van der Waals surface area (Å²) in [6.45, 7) is 3.15. The summed E-state index contributed by atoms with van der Waals surface area (Å²) in [6.07, 6.45) is -1.10. The van der Waals surface area contributed by atoms with Gasteiger partial charge in [-0.1, -0.05) is 35.5 Å². The van der Waals surface area contributed by atoms with Gasteiger partial charge in [-0.2, -0.15) is 0 Å². The Morgan fingerprint density at radius 3 is 2.42 bits per heavy atom. The van der Waals surface area contributed by atoms with Gasteiger partial charge in [-0.3, -0.25) is 9.59 Å². The van der Waals surface area contributed by atoms with Gasteiger partial charge in [0.05, 0.1) is 22.3 Å². The zero-order chi connectivity index (χ0) is 23.5. The number of esters is 1. The Kier molecular flexibility index (Phi) is 5.86. The van der Waals surface area contributed by atoms with Crippen LogP contribution < -0.4 is 11.1 Å². The van der Waals surface area contributed by atoms with E-state index in [0.29, 0.717) is 28.0 Å². The smallest absolute Gasteiger partial charge is 0.339 e. The second-order valence-electron chi connectivity index (χ2n) is 7.35. The fourth-order valence-corrected chi connectivity index (χ4v) is 3.25. The molecule has 1 atom stereocenters. The molecule has 0 saturated heterocycles. The summed E-state index contributed by atoms with van der Waals surface area (Å²) in [5, 5.41) is 6.96. The third kappa shape index (κ3) is 4.57. The maximum atomic E-state index is 13.0. The van der Waals surface area contributed by atoms with Crippen molar-refractivity contribution < 1.29 is 23.6 Å². The number of hydrogen-bond donors (Lipinski definition) is 2. The fourth-order valence-electron chi connectivity index (χ4n) is 3.25. The van der Waals surface area contributed by atoms with Gasteiger partial charge in [-0.25, -0.2) is 9.78 Å². The molecule has 0 radical (unpaired) electrons. The molecule has 9 nitrogen and oxygen atoms in total. The Balaban J connectivity index is 1.56. The van der Waals surface area contributed by atoms with Crippen molar-refractivity contribution in [3.63, 3.8) is 0 Å². The number of nitrogens with two attached hydrogens (primary N) is 1. The van der Waals surface area contributed by atoms with Crippen molar-refractivity contribution >= 4 is 34.6 Å². The molecule has 2 heterocycles. The number of fused-ring (bicyclic) bond motifs is 1. The highest BCUT2D eigenvalue weighted by atomic mass is 16.5. The molecule has 4 aromatic rings. The van der Waals surface area contributed by atoms with E-state index in [0.717, 1.165) is 5.56 Å². The number of nitrogens with one attached hydrogen (secondary N) is 1. The number of ether oxygens (including phenoxy) is 1. The highest BCUT2D eigenvalue weighted by Crippen LogP contribution is 2.27. The predicted octanol–water partition coefficient (Wildman–Crippen LogP) is 3.48. The van der Waals surface area contributed by atoms with Crippen molar-refractivity contribution in [1.82, 2.24) is 10.1 Å². The van der Waals surface area contributed by atoms with E-state index in [4.69, 9.17) is 15.0 Å².